The van der Waals surface area contributed by atoms with E-state index in [1.54, 1.807) is 13.3 Å². The second-order valence-electron chi connectivity index (χ2n) is 6.79. The normalized spacial score (nSPS) is 11.9. The van der Waals surface area contributed by atoms with Crippen molar-refractivity contribution in [1.29, 1.82) is 0 Å². The van der Waals surface area contributed by atoms with Crippen LogP contribution >= 0.6 is 0 Å². The third-order valence-corrected chi connectivity index (χ3v) is 4.55. The summed E-state index contributed by atoms with van der Waals surface area (Å²) in [4.78, 5) is 4.31. The molecule has 0 aliphatic heterocycles. The number of nitrogens with zero attached hydrogens (tertiary/aromatic N) is 1. The van der Waals surface area contributed by atoms with E-state index in [0.717, 1.165) is 11.1 Å². The van der Waals surface area contributed by atoms with E-state index in [1.807, 2.05) is 31.2 Å². The Hall–Kier alpha value is -2.39. The molecule has 2 aromatic rings. The minimum Gasteiger partial charge on any atom is -0.493 e. The highest BCUT2D eigenvalue weighted by Crippen LogP contribution is 2.27. The molecule has 0 bridgehead atoms. The molecule has 1 aromatic heterocycles. The van der Waals surface area contributed by atoms with Crippen LogP contribution in [-0.2, 0) is 12.8 Å². The molecule has 0 fully saturated rings. The molecule has 0 radical (unpaired) electrons. The van der Waals surface area contributed by atoms with Gasteiger partial charge in [-0.05, 0) is 37.5 Å². The Balaban J connectivity index is 1.79. The number of aryl methyl sites for hydroxylation is 1. The summed E-state index contributed by atoms with van der Waals surface area (Å²) in [5.74, 6) is 1.92. The Morgan fingerprint density at radius 2 is 1.80 bits per heavy atom. The largest absolute Gasteiger partial charge is 0.493 e. The maximum Gasteiger partial charge on any atom is 0.161 e. The smallest absolute Gasteiger partial charge is 0.161 e. The van der Waals surface area contributed by atoms with E-state index in [0.29, 0.717) is 55.5 Å². The number of hydrogen-bond donors (Lipinski definition) is 4. The number of aromatic nitrogens is 1. The lowest BCUT2D eigenvalue weighted by molar-refractivity contribution is 0.104. The summed E-state index contributed by atoms with van der Waals surface area (Å²) in [5, 5.41) is 32.0. The second-order valence-corrected chi connectivity index (χ2v) is 6.79. The molecule has 166 valence electrons. The van der Waals surface area contributed by atoms with Crippen LogP contribution in [0.4, 0.5) is 0 Å². The van der Waals surface area contributed by atoms with Crippen molar-refractivity contribution in [2.75, 3.05) is 46.6 Å². The van der Waals surface area contributed by atoms with Crippen molar-refractivity contribution in [2.24, 2.45) is 0 Å². The molecule has 0 amide bonds. The minimum atomic E-state index is -0.723. The Labute approximate surface area is 177 Å². The summed E-state index contributed by atoms with van der Waals surface area (Å²) in [5.41, 5.74) is 2.35. The van der Waals surface area contributed by atoms with E-state index in [9.17, 15) is 15.3 Å². The van der Waals surface area contributed by atoms with Crippen molar-refractivity contribution in [1.82, 2.24) is 10.3 Å². The summed E-state index contributed by atoms with van der Waals surface area (Å²) in [7, 11) is 1.60. The van der Waals surface area contributed by atoms with Crippen LogP contribution in [-0.4, -0.2) is 73.0 Å². The van der Waals surface area contributed by atoms with Crippen LogP contribution in [0.1, 0.15) is 16.8 Å². The van der Waals surface area contributed by atoms with Gasteiger partial charge < -0.3 is 34.8 Å². The highest BCUT2D eigenvalue weighted by atomic mass is 16.5. The molecule has 4 N–H and O–H groups in total. The third-order valence-electron chi connectivity index (χ3n) is 4.55. The molecule has 0 aliphatic rings. The lowest BCUT2D eigenvalue weighted by Gasteiger charge is -2.19. The first-order chi connectivity index (χ1) is 14.6. The lowest BCUT2D eigenvalue weighted by Crippen LogP contribution is -2.34. The number of para-hydroxylation sites is 2. The molecule has 1 unspecified atom stereocenters. The van der Waals surface area contributed by atoms with Gasteiger partial charge in [0.05, 0.1) is 12.8 Å². The monoisotopic (exact) mass is 420 g/mol. The van der Waals surface area contributed by atoms with E-state index >= 15 is 0 Å². The number of ether oxygens (including phenoxy) is 3. The average molecular weight is 421 g/mol. The van der Waals surface area contributed by atoms with E-state index in [2.05, 4.69) is 10.3 Å². The van der Waals surface area contributed by atoms with E-state index in [1.165, 1.54) is 0 Å². The predicted molar refractivity (Wildman–Crippen MR) is 113 cm³/mol. The molecular weight excluding hydrogens is 388 g/mol. The molecule has 0 aliphatic carbocycles. The van der Waals surface area contributed by atoms with Crippen LogP contribution in [0.2, 0.25) is 0 Å². The number of aliphatic hydroxyl groups is 3. The van der Waals surface area contributed by atoms with Crippen molar-refractivity contribution in [3.05, 3.63) is 47.3 Å². The van der Waals surface area contributed by atoms with Gasteiger partial charge in [0.25, 0.3) is 0 Å². The Kier molecular flexibility index (Phi) is 10.4. The number of benzene rings is 1. The van der Waals surface area contributed by atoms with Gasteiger partial charge in [0.15, 0.2) is 11.5 Å². The lowest BCUT2D eigenvalue weighted by atomic mass is 10.0. The van der Waals surface area contributed by atoms with E-state index < -0.39 is 6.10 Å². The molecule has 1 heterocycles. The Morgan fingerprint density at radius 1 is 1.07 bits per heavy atom. The van der Waals surface area contributed by atoms with Crippen molar-refractivity contribution in [3.63, 3.8) is 0 Å². The van der Waals surface area contributed by atoms with Gasteiger partial charge in [-0.1, -0.05) is 12.1 Å². The summed E-state index contributed by atoms with van der Waals surface area (Å²) >= 11 is 0. The molecule has 0 saturated heterocycles. The summed E-state index contributed by atoms with van der Waals surface area (Å²) in [6, 6.07) is 7.43. The molecule has 0 spiro atoms. The van der Waals surface area contributed by atoms with Crippen LogP contribution in [0.3, 0.4) is 0 Å². The molecule has 1 aromatic carbocycles. The molecule has 1 atom stereocenters. The second kappa shape index (κ2) is 13.0. The molecule has 0 saturated carbocycles. The number of nitrogens with one attached hydrogen (secondary N) is 1. The van der Waals surface area contributed by atoms with Gasteiger partial charge in [0.2, 0.25) is 0 Å². The number of pyridine rings is 1. The van der Waals surface area contributed by atoms with Crippen LogP contribution in [0.25, 0.3) is 0 Å². The molecular formula is C22H32N2O6. The first kappa shape index (κ1) is 23.9. The first-order valence-electron chi connectivity index (χ1n) is 10.1. The third kappa shape index (κ3) is 7.14. The topological polar surface area (TPSA) is 113 Å². The molecule has 8 nitrogen and oxygen atoms in total. The summed E-state index contributed by atoms with van der Waals surface area (Å²) in [6.07, 6.45) is 1.82. The van der Waals surface area contributed by atoms with Crippen LogP contribution in [0.15, 0.2) is 30.5 Å². The zero-order chi connectivity index (χ0) is 21.8. The van der Waals surface area contributed by atoms with Crippen molar-refractivity contribution >= 4 is 0 Å². The minimum absolute atomic E-state index is 0.00786. The van der Waals surface area contributed by atoms with Gasteiger partial charge in [0, 0.05) is 38.1 Å². The SMILES string of the molecule is COc1ccccc1OCCNCC(O)COc1c(C)ncc(CCO)c1CCO. The maximum atomic E-state index is 10.2. The van der Waals surface area contributed by atoms with Crippen LogP contribution in [0, 0.1) is 6.92 Å². The van der Waals surface area contributed by atoms with E-state index in [-0.39, 0.29) is 19.8 Å². The zero-order valence-electron chi connectivity index (χ0n) is 17.6. The standard InChI is InChI=1S/C22H32N2O6/c1-16-22(19(8-11-26)17(7-10-25)13-24-16)30-15-18(27)14-23-9-12-29-21-6-4-3-5-20(21)28-2/h3-6,13,18,23,25-27H,7-12,14-15H2,1-2H3. The van der Waals surface area contributed by atoms with Gasteiger partial charge in [-0.3, -0.25) is 4.98 Å². The zero-order valence-corrected chi connectivity index (χ0v) is 17.6. The fraction of sp³-hybridized carbons (Fsp3) is 0.500. The van der Waals surface area contributed by atoms with E-state index in [4.69, 9.17) is 14.2 Å². The van der Waals surface area contributed by atoms with Gasteiger partial charge >= 0.3 is 0 Å². The number of hydrogen-bond acceptors (Lipinski definition) is 8. The Bertz CT molecular complexity index is 771. The predicted octanol–water partition coefficient (Wildman–Crippen LogP) is 0.877. The summed E-state index contributed by atoms with van der Waals surface area (Å²) in [6.45, 7) is 3.19. The van der Waals surface area contributed by atoms with Crippen molar-refractivity contribution in [2.45, 2.75) is 25.9 Å². The summed E-state index contributed by atoms with van der Waals surface area (Å²) < 4.78 is 16.8. The number of methoxy groups -OCH3 is 1. The quantitative estimate of drug-likeness (QED) is 0.333. The van der Waals surface area contributed by atoms with Crippen molar-refractivity contribution in [3.8, 4) is 17.2 Å². The fourth-order valence-electron chi connectivity index (χ4n) is 3.07. The Morgan fingerprint density at radius 3 is 2.50 bits per heavy atom. The highest BCUT2D eigenvalue weighted by molar-refractivity contribution is 5.42. The maximum absolute atomic E-state index is 10.2. The van der Waals surface area contributed by atoms with Gasteiger partial charge in [0.1, 0.15) is 25.1 Å². The highest BCUT2D eigenvalue weighted by Gasteiger charge is 2.15. The van der Waals surface area contributed by atoms with Gasteiger partial charge in [-0.2, -0.15) is 0 Å². The molecule has 2 rings (SSSR count). The fourth-order valence-corrected chi connectivity index (χ4v) is 3.07. The average Bonchev–Trinajstić information content (AvgIpc) is 2.75. The van der Waals surface area contributed by atoms with Gasteiger partial charge in [-0.15, -0.1) is 0 Å². The number of aliphatic hydroxyl groups excluding tert-OH is 3. The van der Waals surface area contributed by atoms with Crippen LogP contribution in [0.5, 0.6) is 17.2 Å². The molecule has 30 heavy (non-hydrogen) atoms. The number of rotatable bonds is 14. The molecule has 8 heteroatoms. The van der Waals surface area contributed by atoms with Crippen molar-refractivity contribution < 1.29 is 29.5 Å². The first-order valence-corrected chi connectivity index (χ1v) is 10.1. The van der Waals surface area contributed by atoms with Gasteiger partial charge in [-0.25, -0.2) is 0 Å². The van der Waals surface area contributed by atoms with Crippen LogP contribution < -0.4 is 19.5 Å².